The highest BCUT2D eigenvalue weighted by molar-refractivity contribution is 6.29. The summed E-state index contributed by atoms with van der Waals surface area (Å²) in [6.07, 6.45) is 2.09. The lowest BCUT2D eigenvalue weighted by Crippen LogP contribution is -2.38. The van der Waals surface area contributed by atoms with Crippen molar-refractivity contribution in [2.45, 2.75) is 31.8 Å². The highest BCUT2D eigenvalue weighted by Crippen LogP contribution is 2.53. The first-order chi connectivity index (χ1) is 8.07. The van der Waals surface area contributed by atoms with Crippen molar-refractivity contribution in [3.63, 3.8) is 0 Å². The fraction of sp³-hybridized carbons (Fsp3) is 0.500. The van der Waals surface area contributed by atoms with Crippen molar-refractivity contribution in [3.05, 3.63) is 23.4 Å². The van der Waals surface area contributed by atoms with Crippen molar-refractivity contribution in [1.82, 2.24) is 10.3 Å². The van der Waals surface area contributed by atoms with Gasteiger partial charge in [-0.15, -0.1) is 0 Å². The predicted octanol–water partition coefficient (Wildman–Crippen LogP) is 1.81. The second-order valence-corrected chi connectivity index (χ2v) is 5.56. The molecule has 0 bridgehead atoms. The van der Waals surface area contributed by atoms with E-state index in [1.54, 1.807) is 18.2 Å². The first-order valence-electron chi connectivity index (χ1n) is 5.76. The quantitative estimate of drug-likeness (QED) is 0.789. The normalized spacial score (nSPS) is 34.2. The second-order valence-electron chi connectivity index (χ2n) is 5.17. The molecule has 2 fully saturated rings. The summed E-state index contributed by atoms with van der Waals surface area (Å²) < 4.78 is 0. The van der Waals surface area contributed by atoms with Crippen LogP contribution >= 0.6 is 11.6 Å². The van der Waals surface area contributed by atoms with Gasteiger partial charge < -0.3 is 10.6 Å². The zero-order valence-corrected chi connectivity index (χ0v) is 10.3. The lowest BCUT2D eigenvalue weighted by Gasteiger charge is -2.13. The fourth-order valence-corrected chi connectivity index (χ4v) is 2.68. The van der Waals surface area contributed by atoms with Gasteiger partial charge in [-0.25, -0.2) is 4.98 Å². The molecule has 1 aliphatic carbocycles. The zero-order valence-electron chi connectivity index (χ0n) is 9.53. The Morgan fingerprint density at radius 3 is 3.06 bits per heavy atom. The van der Waals surface area contributed by atoms with E-state index < -0.39 is 0 Å². The fourth-order valence-electron chi connectivity index (χ4n) is 2.52. The maximum Gasteiger partial charge on any atom is 0.242 e. The van der Waals surface area contributed by atoms with Crippen LogP contribution in [-0.4, -0.2) is 23.0 Å². The van der Waals surface area contributed by atoms with Crippen molar-refractivity contribution < 1.29 is 4.79 Å². The molecule has 17 heavy (non-hydrogen) atoms. The van der Waals surface area contributed by atoms with Gasteiger partial charge in [0.1, 0.15) is 11.0 Å². The number of halogens is 1. The minimum absolute atomic E-state index is 0.0202. The Kier molecular flexibility index (Phi) is 2.38. The van der Waals surface area contributed by atoms with Crippen LogP contribution in [-0.2, 0) is 4.79 Å². The van der Waals surface area contributed by atoms with Gasteiger partial charge in [0.2, 0.25) is 5.91 Å². The molecular formula is C12H14ClN3O. The maximum atomic E-state index is 12.0. The molecule has 2 heterocycles. The van der Waals surface area contributed by atoms with Crippen LogP contribution in [0.3, 0.4) is 0 Å². The van der Waals surface area contributed by atoms with Crippen molar-refractivity contribution in [2.24, 2.45) is 5.41 Å². The summed E-state index contributed by atoms with van der Waals surface area (Å²) in [5.74, 6) is 0.489. The third-order valence-corrected chi connectivity index (χ3v) is 3.92. The average Bonchev–Trinajstić information content (AvgIpc) is 2.77. The molecule has 3 rings (SSSR count). The number of fused-ring (bicyclic) bond motifs is 1. The topological polar surface area (TPSA) is 54.0 Å². The Bertz CT molecular complexity index is 479. The van der Waals surface area contributed by atoms with Gasteiger partial charge in [0.15, 0.2) is 0 Å². The van der Waals surface area contributed by atoms with Crippen molar-refractivity contribution in [1.29, 1.82) is 0 Å². The van der Waals surface area contributed by atoms with Gasteiger partial charge >= 0.3 is 0 Å². The van der Waals surface area contributed by atoms with Crippen LogP contribution < -0.4 is 10.6 Å². The smallest absolute Gasteiger partial charge is 0.242 e. The van der Waals surface area contributed by atoms with Crippen LogP contribution in [0.4, 0.5) is 5.82 Å². The van der Waals surface area contributed by atoms with Gasteiger partial charge in [-0.05, 0) is 30.4 Å². The Morgan fingerprint density at radius 2 is 2.41 bits per heavy atom. The van der Waals surface area contributed by atoms with E-state index >= 15 is 0 Å². The van der Waals surface area contributed by atoms with Gasteiger partial charge in [0.25, 0.3) is 0 Å². The molecule has 1 aromatic heterocycles. The number of rotatable bonds is 2. The SMILES string of the molecule is C[C@@]12C[C@@H](C(=O)Nc3cccc(Cl)n3)N[C@@H]1C2. The van der Waals surface area contributed by atoms with E-state index in [0.29, 0.717) is 22.4 Å². The Morgan fingerprint density at radius 1 is 1.59 bits per heavy atom. The summed E-state index contributed by atoms with van der Waals surface area (Å²) in [5.41, 5.74) is 0.337. The Balaban J connectivity index is 1.64. The second kappa shape index (κ2) is 3.68. The molecule has 0 radical (unpaired) electrons. The molecule has 4 nitrogen and oxygen atoms in total. The standard InChI is InChI=1S/C12H14ClN3O/c1-12-5-7(14-8(12)6-12)11(17)16-10-4-2-3-9(13)15-10/h2-4,7-8,14H,5-6H2,1H3,(H,15,16,17)/t7-,8+,12-/m0/s1. The van der Waals surface area contributed by atoms with Crippen LogP contribution in [0, 0.1) is 5.41 Å². The molecule has 1 saturated heterocycles. The highest BCUT2D eigenvalue weighted by Gasteiger charge is 2.58. The van der Waals surface area contributed by atoms with E-state index in [9.17, 15) is 4.79 Å². The van der Waals surface area contributed by atoms with E-state index in [1.807, 2.05) is 0 Å². The molecule has 5 heteroatoms. The van der Waals surface area contributed by atoms with E-state index in [1.165, 1.54) is 6.42 Å². The number of piperidine rings is 1. The molecule has 0 spiro atoms. The molecule has 1 saturated carbocycles. The Hall–Kier alpha value is -1.13. The van der Waals surface area contributed by atoms with Crippen LogP contribution in [0.25, 0.3) is 0 Å². The largest absolute Gasteiger partial charge is 0.309 e. The van der Waals surface area contributed by atoms with E-state index in [-0.39, 0.29) is 11.9 Å². The van der Waals surface area contributed by atoms with Gasteiger partial charge in [-0.3, -0.25) is 4.79 Å². The van der Waals surface area contributed by atoms with E-state index in [0.717, 1.165) is 6.42 Å². The maximum absolute atomic E-state index is 12.0. The number of amides is 1. The monoisotopic (exact) mass is 251 g/mol. The molecule has 1 aromatic rings. The first-order valence-corrected chi connectivity index (χ1v) is 6.14. The molecule has 2 N–H and O–H groups in total. The first kappa shape index (κ1) is 11.0. The van der Waals surface area contributed by atoms with Crippen LogP contribution in [0.1, 0.15) is 19.8 Å². The van der Waals surface area contributed by atoms with Crippen molar-refractivity contribution in [2.75, 3.05) is 5.32 Å². The highest BCUT2D eigenvalue weighted by atomic mass is 35.5. The van der Waals surface area contributed by atoms with Crippen LogP contribution in [0.5, 0.6) is 0 Å². The molecule has 3 atom stereocenters. The van der Waals surface area contributed by atoms with Gasteiger partial charge in [0, 0.05) is 6.04 Å². The lowest BCUT2D eigenvalue weighted by atomic mass is 10.0. The van der Waals surface area contributed by atoms with Gasteiger partial charge in [0.05, 0.1) is 6.04 Å². The zero-order chi connectivity index (χ0) is 12.0. The summed E-state index contributed by atoms with van der Waals surface area (Å²) in [7, 11) is 0. The minimum atomic E-state index is -0.0977. The summed E-state index contributed by atoms with van der Waals surface area (Å²) in [6.45, 7) is 2.22. The van der Waals surface area contributed by atoms with E-state index in [2.05, 4.69) is 22.5 Å². The third kappa shape index (κ3) is 2.03. The number of pyridine rings is 1. The number of nitrogens with one attached hydrogen (secondary N) is 2. The summed E-state index contributed by atoms with van der Waals surface area (Å²) in [6, 6.07) is 5.61. The predicted molar refractivity (Wildman–Crippen MR) is 65.9 cm³/mol. The summed E-state index contributed by atoms with van der Waals surface area (Å²) in [4.78, 5) is 16.0. The molecule has 1 amide bonds. The molecule has 90 valence electrons. The number of carbonyl (C=O) groups is 1. The Labute approximate surface area is 105 Å². The molecule has 0 aromatic carbocycles. The van der Waals surface area contributed by atoms with Crippen LogP contribution in [0.2, 0.25) is 5.15 Å². The summed E-state index contributed by atoms with van der Waals surface area (Å²) in [5, 5.41) is 6.50. The number of hydrogen-bond donors (Lipinski definition) is 2. The van der Waals surface area contributed by atoms with Crippen molar-refractivity contribution in [3.8, 4) is 0 Å². The molecule has 0 unspecified atom stereocenters. The summed E-state index contributed by atoms with van der Waals surface area (Å²) >= 11 is 5.76. The van der Waals surface area contributed by atoms with Gasteiger partial charge in [-0.1, -0.05) is 24.6 Å². The van der Waals surface area contributed by atoms with Crippen LogP contribution in [0.15, 0.2) is 18.2 Å². The van der Waals surface area contributed by atoms with Crippen molar-refractivity contribution >= 4 is 23.3 Å². The third-order valence-electron chi connectivity index (χ3n) is 3.71. The number of anilines is 1. The minimum Gasteiger partial charge on any atom is -0.309 e. The average molecular weight is 252 g/mol. The number of aromatic nitrogens is 1. The number of hydrogen-bond acceptors (Lipinski definition) is 3. The molecular weight excluding hydrogens is 238 g/mol. The lowest BCUT2D eigenvalue weighted by molar-refractivity contribution is -0.118. The van der Waals surface area contributed by atoms with Gasteiger partial charge in [-0.2, -0.15) is 0 Å². The number of nitrogens with zero attached hydrogens (tertiary/aromatic N) is 1. The molecule has 1 aliphatic heterocycles. The molecule has 2 aliphatic rings. The van der Waals surface area contributed by atoms with E-state index in [4.69, 9.17) is 11.6 Å². The number of carbonyl (C=O) groups excluding carboxylic acids is 1.